The van der Waals surface area contributed by atoms with Gasteiger partial charge >= 0.3 is 11.9 Å². The molecule has 4 aliphatic rings. The molecule has 0 bridgehead atoms. The van der Waals surface area contributed by atoms with Crippen LogP contribution in [0.2, 0.25) is 0 Å². The Kier molecular flexibility index (Phi) is 8.33. The number of hydrogen-bond acceptors (Lipinski definition) is 9. The fourth-order valence-electron chi connectivity index (χ4n) is 8.34. The summed E-state index contributed by atoms with van der Waals surface area (Å²) in [7, 11) is 0. The van der Waals surface area contributed by atoms with Gasteiger partial charge in [-0.05, 0) is 74.7 Å². The lowest BCUT2D eigenvalue weighted by Gasteiger charge is -2.60. The molecule has 0 radical (unpaired) electrons. The Morgan fingerprint density at radius 2 is 1.82 bits per heavy atom. The molecule has 0 unspecified atom stereocenters. The summed E-state index contributed by atoms with van der Waals surface area (Å²) in [6.07, 6.45) is 2.53. The first-order valence-corrected chi connectivity index (χ1v) is 14.2. The highest BCUT2D eigenvalue weighted by Crippen LogP contribution is 2.67. The maximum atomic E-state index is 13.3. The quantitative estimate of drug-likeness (QED) is 0.254. The number of carbonyl (C=O) groups is 5. The molecular formula is C29H41NO10. The molecule has 5 N–H and O–H groups in total. The first-order chi connectivity index (χ1) is 18.6. The van der Waals surface area contributed by atoms with E-state index in [1.54, 1.807) is 6.08 Å². The van der Waals surface area contributed by atoms with Crippen molar-refractivity contribution in [1.29, 1.82) is 0 Å². The topological polar surface area (TPSA) is 188 Å². The average molecular weight is 564 g/mol. The molecule has 0 heterocycles. The number of nitrogens with one attached hydrogen (secondary N) is 1. The Bertz CT molecular complexity index is 1120. The van der Waals surface area contributed by atoms with E-state index in [0.29, 0.717) is 19.3 Å². The molecule has 11 nitrogen and oxygen atoms in total. The molecule has 0 aromatic heterocycles. The van der Waals surface area contributed by atoms with E-state index in [2.05, 4.69) is 12.2 Å². The predicted molar refractivity (Wildman–Crippen MR) is 139 cm³/mol. The normalized spacial score (nSPS) is 38.1. The van der Waals surface area contributed by atoms with Crippen molar-refractivity contribution in [1.82, 2.24) is 5.32 Å². The van der Waals surface area contributed by atoms with Crippen molar-refractivity contribution in [3.63, 3.8) is 0 Å². The van der Waals surface area contributed by atoms with E-state index >= 15 is 0 Å². The number of fused-ring (bicyclic) bond motifs is 5. The lowest BCUT2D eigenvalue weighted by atomic mass is 9.45. The summed E-state index contributed by atoms with van der Waals surface area (Å²) >= 11 is 0. The minimum absolute atomic E-state index is 0.0126. The van der Waals surface area contributed by atoms with Crippen molar-refractivity contribution in [2.24, 2.45) is 28.6 Å². The van der Waals surface area contributed by atoms with Crippen LogP contribution in [0, 0.1) is 28.6 Å². The van der Waals surface area contributed by atoms with Crippen molar-refractivity contribution in [2.45, 2.75) is 102 Å². The predicted octanol–water partition coefficient (Wildman–Crippen LogP) is 1.06. The van der Waals surface area contributed by atoms with E-state index in [4.69, 9.17) is 9.84 Å². The number of carbonyl (C=O) groups excluding carboxylic acids is 4. The minimum atomic E-state index is -1.78. The summed E-state index contributed by atoms with van der Waals surface area (Å²) < 4.78 is 5.09. The third-order valence-corrected chi connectivity index (χ3v) is 10.5. The van der Waals surface area contributed by atoms with E-state index in [9.17, 15) is 39.3 Å². The number of aliphatic hydroxyl groups excluding tert-OH is 2. The summed E-state index contributed by atoms with van der Waals surface area (Å²) in [5.74, 6) is -3.55. The summed E-state index contributed by atoms with van der Waals surface area (Å²) in [6.45, 7) is 4.51. The standard InChI is InChI=1S/C29H41NO10/c1-15(31)25(26(37)38)30-22(35)6-7-23(36)40-14-21(34)29(39)11-9-19-18-5-4-16-12-17(32)8-10-27(16,2)24(18)20(33)13-28(19,29)3/h12,15,18-20,24-25,31,33,39H,4-11,13-14H2,1-3H3,(H,30,35)(H,37,38)/t15-,18+,19+,20-,24-,25+,27+,28+,29-/m1/s1. The summed E-state index contributed by atoms with van der Waals surface area (Å²) in [5, 5.41) is 43.8. The van der Waals surface area contributed by atoms with Crippen LogP contribution in [0.5, 0.6) is 0 Å². The van der Waals surface area contributed by atoms with Gasteiger partial charge in [0, 0.05) is 18.3 Å². The molecule has 40 heavy (non-hydrogen) atoms. The second-order valence-electron chi connectivity index (χ2n) is 12.7. The smallest absolute Gasteiger partial charge is 0.328 e. The van der Waals surface area contributed by atoms with Gasteiger partial charge in [-0.1, -0.05) is 19.4 Å². The summed E-state index contributed by atoms with van der Waals surface area (Å²) in [6, 6.07) is -1.52. The molecule has 0 aromatic carbocycles. The number of carboxylic acid groups (broad SMARTS) is 1. The molecule has 11 heteroatoms. The zero-order valence-corrected chi connectivity index (χ0v) is 23.4. The Balaban J connectivity index is 1.38. The highest BCUT2D eigenvalue weighted by molar-refractivity contribution is 5.92. The zero-order valence-electron chi connectivity index (χ0n) is 23.4. The van der Waals surface area contributed by atoms with Gasteiger partial charge in [-0.3, -0.25) is 19.2 Å². The Hall–Kier alpha value is -2.63. The number of aliphatic hydroxyl groups is 3. The Labute approximate surface area is 233 Å². The van der Waals surface area contributed by atoms with Crippen LogP contribution in [0.1, 0.15) is 78.6 Å². The Morgan fingerprint density at radius 1 is 1.12 bits per heavy atom. The summed E-state index contributed by atoms with van der Waals surface area (Å²) in [5.41, 5.74) is -1.88. The maximum Gasteiger partial charge on any atom is 0.328 e. The van der Waals surface area contributed by atoms with Gasteiger partial charge in [-0.15, -0.1) is 0 Å². The van der Waals surface area contributed by atoms with Gasteiger partial charge < -0.3 is 30.5 Å². The average Bonchev–Trinajstić information content (AvgIpc) is 3.15. The number of ether oxygens (including phenoxy) is 1. The molecule has 0 aromatic rings. The molecule has 222 valence electrons. The number of hydrogen-bond donors (Lipinski definition) is 5. The minimum Gasteiger partial charge on any atom is -0.480 e. The van der Waals surface area contributed by atoms with Gasteiger partial charge in [-0.25, -0.2) is 4.79 Å². The van der Waals surface area contributed by atoms with E-state index in [1.807, 2.05) is 6.92 Å². The third kappa shape index (κ3) is 5.12. The molecule has 0 saturated heterocycles. The van der Waals surface area contributed by atoms with Crippen molar-refractivity contribution in [2.75, 3.05) is 6.61 Å². The van der Waals surface area contributed by atoms with E-state index in [-0.39, 0.29) is 41.8 Å². The molecule has 3 fully saturated rings. The number of Topliss-reactive ketones (excluding diaryl/α,β-unsaturated/α-hetero) is 1. The van der Waals surface area contributed by atoms with Crippen molar-refractivity contribution < 1.29 is 49.1 Å². The first kappa shape index (κ1) is 30.3. The zero-order chi connectivity index (χ0) is 29.6. The molecule has 4 aliphatic carbocycles. The van der Waals surface area contributed by atoms with Crippen LogP contribution in [0.25, 0.3) is 0 Å². The fraction of sp³-hybridized carbons (Fsp3) is 0.759. The molecule has 3 saturated carbocycles. The van der Waals surface area contributed by atoms with Crippen LogP contribution < -0.4 is 5.32 Å². The monoisotopic (exact) mass is 563 g/mol. The van der Waals surface area contributed by atoms with Crippen LogP contribution in [0.4, 0.5) is 0 Å². The van der Waals surface area contributed by atoms with Gasteiger partial charge in [0.1, 0.15) is 5.60 Å². The number of rotatable bonds is 9. The molecule has 4 rings (SSSR count). The molecule has 0 spiro atoms. The SMILES string of the molecule is C[C@@H](O)[C@H](NC(=O)CCC(=O)OCC(=O)[C@]1(O)CC[C@H]2[C@@H]3CCC4=CC(=O)CC[C@]4(C)[C@H]3[C@H](O)C[C@@]21C)C(=O)O. The van der Waals surface area contributed by atoms with Crippen LogP contribution in [-0.4, -0.2) is 80.3 Å². The van der Waals surface area contributed by atoms with Crippen LogP contribution in [-0.2, 0) is 28.7 Å². The van der Waals surface area contributed by atoms with Crippen molar-refractivity contribution >= 4 is 29.4 Å². The van der Waals surface area contributed by atoms with E-state index < -0.39 is 72.3 Å². The van der Waals surface area contributed by atoms with Gasteiger partial charge in [-0.2, -0.15) is 0 Å². The number of aliphatic carboxylic acids is 1. The number of carboxylic acids is 1. The molecule has 1 amide bonds. The number of esters is 1. The Morgan fingerprint density at radius 3 is 2.48 bits per heavy atom. The maximum absolute atomic E-state index is 13.3. The van der Waals surface area contributed by atoms with Gasteiger partial charge in [0.25, 0.3) is 0 Å². The van der Waals surface area contributed by atoms with Gasteiger partial charge in [0.2, 0.25) is 11.7 Å². The lowest BCUT2D eigenvalue weighted by molar-refractivity contribution is -0.184. The highest BCUT2D eigenvalue weighted by Gasteiger charge is 2.68. The van der Waals surface area contributed by atoms with Gasteiger partial charge in [0.05, 0.1) is 18.6 Å². The molecular weight excluding hydrogens is 522 g/mol. The van der Waals surface area contributed by atoms with Crippen molar-refractivity contribution in [3.8, 4) is 0 Å². The first-order valence-electron chi connectivity index (χ1n) is 14.2. The van der Waals surface area contributed by atoms with Gasteiger partial charge in [0.15, 0.2) is 18.4 Å². The third-order valence-electron chi connectivity index (χ3n) is 10.5. The fourth-order valence-corrected chi connectivity index (χ4v) is 8.34. The number of allylic oxidation sites excluding steroid dienone is 1. The van der Waals surface area contributed by atoms with Crippen LogP contribution >= 0.6 is 0 Å². The number of amides is 1. The lowest BCUT2D eigenvalue weighted by Crippen LogP contribution is -2.62. The van der Waals surface area contributed by atoms with Crippen LogP contribution in [0.3, 0.4) is 0 Å². The largest absolute Gasteiger partial charge is 0.480 e. The van der Waals surface area contributed by atoms with Crippen LogP contribution in [0.15, 0.2) is 11.6 Å². The molecule has 0 aliphatic heterocycles. The highest BCUT2D eigenvalue weighted by atomic mass is 16.5. The molecule has 9 atom stereocenters. The number of ketones is 2. The second kappa shape index (κ2) is 11.0. The summed E-state index contributed by atoms with van der Waals surface area (Å²) in [4.78, 5) is 60.8. The second-order valence-corrected chi connectivity index (χ2v) is 12.7. The van der Waals surface area contributed by atoms with Crippen molar-refractivity contribution in [3.05, 3.63) is 11.6 Å². The van der Waals surface area contributed by atoms with E-state index in [1.165, 1.54) is 6.92 Å². The van der Waals surface area contributed by atoms with E-state index in [0.717, 1.165) is 18.4 Å².